The van der Waals surface area contributed by atoms with Gasteiger partial charge in [-0.3, -0.25) is 4.79 Å². The number of ketones is 1. The normalized spacial score (nSPS) is 14.3. The first-order valence-electron chi connectivity index (χ1n) is 7.63. The van der Waals surface area contributed by atoms with Gasteiger partial charge in [-0.2, -0.15) is 13.2 Å². The molecule has 1 aromatic heterocycles. The third kappa shape index (κ3) is 3.77. The summed E-state index contributed by atoms with van der Waals surface area (Å²) < 4.78 is 39.8. The molecule has 3 nitrogen and oxygen atoms in total. The Hall–Kier alpha value is -1.89. The number of Topliss-reactive ketones (excluding diaryl/α,β-unsaturated/α-hetero) is 1. The molecular weight excluding hydrogens is 337 g/mol. The molecular formula is C17H15F3N2OS. The molecule has 1 aromatic carbocycles. The minimum Gasteiger partial charge on any atom is -0.293 e. The Bertz CT molecular complexity index is 747. The van der Waals surface area contributed by atoms with Gasteiger partial charge >= 0.3 is 6.18 Å². The van der Waals surface area contributed by atoms with E-state index in [1.54, 1.807) is 30.3 Å². The molecule has 0 saturated heterocycles. The molecule has 0 saturated carbocycles. The fourth-order valence-corrected chi connectivity index (χ4v) is 3.47. The van der Waals surface area contributed by atoms with Crippen molar-refractivity contribution in [2.45, 2.75) is 37.0 Å². The summed E-state index contributed by atoms with van der Waals surface area (Å²) in [6, 6.07) is 8.64. The number of aromatic nitrogens is 2. The highest BCUT2D eigenvalue weighted by Gasteiger charge is 2.38. The van der Waals surface area contributed by atoms with Crippen molar-refractivity contribution in [2.75, 3.05) is 5.75 Å². The number of thioether (sulfide) groups is 1. The molecule has 0 amide bonds. The van der Waals surface area contributed by atoms with Gasteiger partial charge in [0.2, 0.25) is 0 Å². The zero-order valence-electron chi connectivity index (χ0n) is 12.8. The Morgan fingerprint density at radius 3 is 2.50 bits per heavy atom. The molecule has 0 bridgehead atoms. The number of hydrogen-bond acceptors (Lipinski definition) is 4. The van der Waals surface area contributed by atoms with Crippen LogP contribution in [0.5, 0.6) is 0 Å². The number of halogens is 3. The molecule has 24 heavy (non-hydrogen) atoms. The van der Waals surface area contributed by atoms with Crippen LogP contribution in [0.4, 0.5) is 13.2 Å². The van der Waals surface area contributed by atoms with E-state index in [2.05, 4.69) is 9.97 Å². The molecule has 0 unspecified atom stereocenters. The molecule has 1 heterocycles. The summed E-state index contributed by atoms with van der Waals surface area (Å²) >= 11 is 0.955. The van der Waals surface area contributed by atoms with Gasteiger partial charge in [0.15, 0.2) is 16.6 Å². The van der Waals surface area contributed by atoms with Crippen molar-refractivity contribution < 1.29 is 18.0 Å². The van der Waals surface area contributed by atoms with Crippen LogP contribution >= 0.6 is 11.8 Å². The van der Waals surface area contributed by atoms with Crippen LogP contribution in [0, 0.1) is 0 Å². The van der Waals surface area contributed by atoms with Crippen LogP contribution in [0.3, 0.4) is 0 Å². The fourth-order valence-electron chi connectivity index (χ4n) is 2.71. The first kappa shape index (κ1) is 17.0. The molecule has 0 radical (unpaired) electrons. The van der Waals surface area contributed by atoms with Crippen molar-refractivity contribution >= 4 is 17.5 Å². The summed E-state index contributed by atoms with van der Waals surface area (Å²) in [5.41, 5.74) is 0.367. The monoisotopic (exact) mass is 352 g/mol. The molecule has 3 rings (SSSR count). The molecule has 1 aliphatic carbocycles. The Kier molecular flexibility index (Phi) is 4.89. The lowest BCUT2D eigenvalue weighted by molar-refractivity contribution is -0.142. The van der Waals surface area contributed by atoms with Crippen LogP contribution in [0.25, 0.3) is 0 Å². The summed E-state index contributed by atoms with van der Waals surface area (Å²) in [6.45, 7) is 0. The van der Waals surface area contributed by atoms with E-state index in [1.807, 2.05) is 0 Å². The van der Waals surface area contributed by atoms with E-state index in [-0.39, 0.29) is 22.3 Å². The van der Waals surface area contributed by atoms with Gasteiger partial charge in [0.25, 0.3) is 0 Å². The summed E-state index contributed by atoms with van der Waals surface area (Å²) in [6.07, 6.45) is -2.06. The molecule has 126 valence electrons. The second-order valence-corrected chi connectivity index (χ2v) is 6.51. The number of alkyl halides is 3. The second-order valence-electron chi connectivity index (χ2n) is 5.56. The number of fused-ring (bicyclic) bond motifs is 1. The number of hydrogen-bond donors (Lipinski definition) is 0. The van der Waals surface area contributed by atoms with Crippen molar-refractivity contribution in [3.8, 4) is 0 Å². The lowest BCUT2D eigenvalue weighted by atomic mass is 9.94. The van der Waals surface area contributed by atoms with Crippen molar-refractivity contribution in [1.82, 2.24) is 9.97 Å². The third-order valence-corrected chi connectivity index (χ3v) is 4.71. The molecule has 2 aromatic rings. The number of carbonyl (C=O) groups is 1. The summed E-state index contributed by atoms with van der Waals surface area (Å²) in [5, 5.41) is 0.0206. The zero-order chi connectivity index (χ0) is 17.2. The lowest BCUT2D eigenvalue weighted by Crippen LogP contribution is -2.19. The van der Waals surface area contributed by atoms with Gasteiger partial charge in [0.1, 0.15) is 0 Å². The maximum absolute atomic E-state index is 13.3. The van der Waals surface area contributed by atoms with Gasteiger partial charge < -0.3 is 0 Å². The molecule has 0 aliphatic heterocycles. The number of aryl methyl sites for hydroxylation is 1. The number of carbonyl (C=O) groups excluding carboxylic acids is 1. The fraction of sp³-hybridized carbons (Fsp3) is 0.353. The van der Waals surface area contributed by atoms with Crippen LogP contribution < -0.4 is 0 Å². The molecule has 0 atom stereocenters. The predicted molar refractivity (Wildman–Crippen MR) is 85.2 cm³/mol. The van der Waals surface area contributed by atoms with Gasteiger partial charge in [-0.15, -0.1) is 0 Å². The minimum absolute atomic E-state index is 0.0140. The standard InChI is InChI=1S/C17H15F3N2OS/c18-17(19,20)15-12-8-4-5-9-13(12)21-16(22-15)24-10-14(23)11-6-2-1-3-7-11/h1-3,6-7H,4-5,8-10H2. The van der Waals surface area contributed by atoms with E-state index in [0.29, 0.717) is 24.1 Å². The summed E-state index contributed by atoms with van der Waals surface area (Å²) in [7, 11) is 0. The van der Waals surface area contributed by atoms with E-state index in [1.165, 1.54) is 0 Å². The summed E-state index contributed by atoms with van der Waals surface area (Å²) in [4.78, 5) is 20.0. The van der Waals surface area contributed by atoms with E-state index in [0.717, 1.165) is 24.6 Å². The minimum atomic E-state index is -4.50. The van der Waals surface area contributed by atoms with Gasteiger partial charge in [0.05, 0.1) is 5.75 Å². The largest absolute Gasteiger partial charge is 0.433 e. The SMILES string of the molecule is O=C(CSc1nc2c(c(C(F)(F)F)n1)CCCC2)c1ccccc1. The van der Waals surface area contributed by atoms with E-state index < -0.39 is 11.9 Å². The van der Waals surface area contributed by atoms with Gasteiger partial charge in [-0.25, -0.2) is 9.97 Å². The summed E-state index contributed by atoms with van der Waals surface area (Å²) in [5.74, 6) is -0.143. The number of rotatable bonds is 4. The van der Waals surface area contributed by atoms with E-state index >= 15 is 0 Å². The van der Waals surface area contributed by atoms with E-state index in [4.69, 9.17) is 0 Å². The highest BCUT2D eigenvalue weighted by Crippen LogP contribution is 2.35. The lowest BCUT2D eigenvalue weighted by Gasteiger charge is -2.20. The molecule has 0 fully saturated rings. The average Bonchev–Trinajstić information content (AvgIpc) is 2.59. The highest BCUT2D eigenvalue weighted by molar-refractivity contribution is 7.99. The molecule has 0 N–H and O–H groups in total. The molecule has 7 heteroatoms. The zero-order valence-corrected chi connectivity index (χ0v) is 13.6. The average molecular weight is 352 g/mol. The maximum atomic E-state index is 13.3. The second kappa shape index (κ2) is 6.93. The first-order chi connectivity index (χ1) is 11.4. The maximum Gasteiger partial charge on any atom is 0.433 e. The number of nitrogens with zero attached hydrogens (tertiary/aromatic N) is 2. The molecule has 1 aliphatic rings. The Balaban J connectivity index is 1.82. The topological polar surface area (TPSA) is 42.9 Å². The van der Waals surface area contributed by atoms with Crippen molar-refractivity contribution in [3.05, 3.63) is 52.8 Å². The van der Waals surface area contributed by atoms with Crippen molar-refractivity contribution in [2.24, 2.45) is 0 Å². The van der Waals surface area contributed by atoms with Crippen LogP contribution in [-0.2, 0) is 19.0 Å². The number of benzene rings is 1. The third-order valence-electron chi connectivity index (χ3n) is 3.86. The Morgan fingerprint density at radius 1 is 1.08 bits per heavy atom. The quantitative estimate of drug-likeness (QED) is 0.466. The first-order valence-corrected chi connectivity index (χ1v) is 8.62. The Morgan fingerprint density at radius 2 is 1.79 bits per heavy atom. The van der Waals surface area contributed by atoms with Gasteiger partial charge in [0, 0.05) is 16.8 Å². The van der Waals surface area contributed by atoms with Crippen LogP contribution in [0.2, 0.25) is 0 Å². The van der Waals surface area contributed by atoms with Gasteiger partial charge in [-0.1, -0.05) is 42.1 Å². The van der Waals surface area contributed by atoms with Crippen molar-refractivity contribution in [1.29, 1.82) is 0 Å². The Labute approximate surface area is 141 Å². The predicted octanol–water partition coefficient (Wildman–Crippen LogP) is 4.35. The van der Waals surface area contributed by atoms with Crippen LogP contribution in [-0.4, -0.2) is 21.5 Å². The molecule has 0 spiro atoms. The van der Waals surface area contributed by atoms with Crippen molar-refractivity contribution in [3.63, 3.8) is 0 Å². The van der Waals surface area contributed by atoms with E-state index in [9.17, 15) is 18.0 Å². The smallest absolute Gasteiger partial charge is 0.293 e. The van der Waals surface area contributed by atoms with Crippen LogP contribution in [0.1, 0.15) is 40.2 Å². The van der Waals surface area contributed by atoms with Gasteiger partial charge in [-0.05, 0) is 25.7 Å². The van der Waals surface area contributed by atoms with Crippen LogP contribution in [0.15, 0.2) is 35.5 Å². The highest BCUT2D eigenvalue weighted by atomic mass is 32.2.